The van der Waals surface area contributed by atoms with Crippen molar-refractivity contribution in [1.82, 2.24) is 0 Å². The molecular weight excluding hydrogens is 289 g/mol. The first kappa shape index (κ1) is 15.2. The Morgan fingerprint density at radius 1 is 1.20 bits per heavy atom. The summed E-state index contributed by atoms with van der Waals surface area (Å²) in [6, 6.07) is 3.60. The molecule has 6 heteroatoms. The summed E-state index contributed by atoms with van der Waals surface area (Å²) >= 11 is 5.57. The molecular formula is C14H16ClF3N2. The Hall–Kier alpha value is -1.23. The maximum absolute atomic E-state index is 12.8. The van der Waals surface area contributed by atoms with Crippen molar-refractivity contribution in [1.29, 1.82) is 0 Å². The molecule has 1 aromatic rings. The first-order valence-electron chi connectivity index (χ1n) is 6.59. The highest BCUT2D eigenvalue weighted by Crippen LogP contribution is 2.37. The number of halogens is 4. The lowest BCUT2D eigenvalue weighted by atomic mass is 9.88. The molecule has 0 heterocycles. The molecule has 2 N–H and O–H groups in total. The summed E-state index contributed by atoms with van der Waals surface area (Å²) in [5, 5.41) is -0.326. The quantitative estimate of drug-likeness (QED) is 0.610. The highest BCUT2D eigenvalue weighted by atomic mass is 35.5. The van der Waals surface area contributed by atoms with E-state index in [0.29, 0.717) is 5.84 Å². The SMILES string of the molecule is NC(=Nc1ccc(Cl)c(C(F)(F)F)c1)C1CCCCC1. The molecule has 0 unspecified atom stereocenters. The molecule has 1 aliphatic carbocycles. The molecule has 1 aliphatic rings. The summed E-state index contributed by atoms with van der Waals surface area (Å²) in [7, 11) is 0. The predicted molar refractivity (Wildman–Crippen MR) is 74.3 cm³/mol. The Morgan fingerprint density at radius 2 is 1.85 bits per heavy atom. The summed E-state index contributed by atoms with van der Waals surface area (Å²) < 4.78 is 38.3. The smallest absolute Gasteiger partial charge is 0.387 e. The van der Waals surface area contributed by atoms with Gasteiger partial charge in [-0.2, -0.15) is 13.2 Å². The fourth-order valence-electron chi connectivity index (χ4n) is 2.44. The summed E-state index contributed by atoms with van der Waals surface area (Å²) in [4.78, 5) is 4.13. The molecule has 1 saturated carbocycles. The van der Waals surface area contributed by atoms with E-state index in [2.05, 4.69) is 4.99 Å². The lowest BCUT2D eigenvalue weighted by Crippen LogP contribution is -2.25. The second kappa shape index (κ2) is 6.04. The Kier molecular flexibility index (Phi) is 4.58. The second-order valence-corrected chi connectivity index (χ2v) is 5.44. The third-order valence-corrected chi connectivity index (χ3v) is 3.87. The summed E-state index contributed by atoms with van der Waals surface area (Å²) in [5.41, 5.74) is 5.23. The minimum absolute atomic E-state index is 0.175. The van der Waals surface area contributed by atoms with Gasteiger partial charge in [0.25, 0.3) is 0 Å². The van der Waals surface area contributed by atoms with Gasteiger partial charge >= 0.3 is 6.18 Å². The predicted octanol–water partition coefficient (Wildman–Crippen LogP) is 4.93. The van der Waals surface area contributed by atoms with E-state index >= 15 is 0 Å². The third kappa shape index (κ3) is 3.66. The average Bonchev–Trinajstić information content (AvgIpc) is 2.40. The van der Waals surface area contributed by atoms with Crippen LogP contribution in [0.25, 0.3) is 0 Å². The molecule has 0 saturated heterocycles. The minimum atomic E-state index is -4.48. The molecule has 0 aliphatic heterocycles. The molecule has 0 radical (unpaired) electrons. The standard InChI is InChI=1S/C14H16ClF3N2/c15-12-7-6-10(8-11(12)14(16,17)18)20-13(19)9-4-2-1-3-5-9/h6-9H,1-5H2,(H2,19,20). The van der Waals surface area contributed by atoms with Gasteiger partial charge in [-0.05, 0) is 31.0 Å². The molecule has 110 valence electrons. The van der Waals surface area contributed by atoms with Crippen molar-refractivity contribution in [3.63, 3.8) is 0 Å². The van der Waals surface area contributed by atoms with Crippen LogP contribution in [-0.4, -0.2) is 5.84 Å². The summed E-state index contributed by atoms with van der Waals surface area (Å²) in [6.45, 7) is 0. The van der Waals surface area contributed by atoms with E-state index in [1.54, 1.807) is 0 Å². The topological polar surface area (TPSA) is 38.4 Å². The number of rotatable bonds is 2. The van der Waals surface area contributed by atoms with Crippen molar-refractivity contribution in [2.45, 2.75) is 38.3 Å². The van der Waals surface area contributed by atoms with Crippen LogP contribution in [0, 0.1) is 5.92 Å². The third-order valence-electron chi connectivity index (χ3n) is 3.54. The number of amidine groups is 1. The van der Waals surface area contributed by atoms with Crippen LogP contribution in [0.4, 0.5) is 18.9 Å². The number of nitrogens with zero attached hydrogens (tertiary/aromatic N) is 1. The van der Waals surface area contributed by atoms with E-state index in [1.807, 2.05) is 0 Å². The van der Waals surface area contributed by atoms with Gasteiger partial charge in [0.15, 0.2) is 0 Å². The first-order valence-corrected chi connectivity index (χ1v) is 6.96. The van der Waals surface area contributed by atoms with Crippen LogP contribution in [0.3, 0.4) is 0 Å². The van der Waals surface area contributed by atoms with Crippen molar-refractivity contribution in [2.75, 3.05) is 0 Å². The van der Waals surface area contributed by atoms with Crippen LogP contribution in [0.1, 0.15) is 37.7 Å². The number of aliphatic imine (C=N–C) groups is 1. The molecule has 1 fully saturated rings. The molecule has 0 atom stereocenters. The number of nitrogens with two attached hydrogens (primary N) is 1. The zero-order chi connectivity index (χ0) is 14.8. The van der Waals surface area contributed by atoms with Gasteiger partial charge in [0.05, 0.1) is 16.3 Å². The van der Waals surface area contributed by atoms with Gasteiger partial charge < -0.3 is 5.73 Å². The molecule has 2 nitrogen and oxygen atoms in total. The Balaban J connectivity index is 2.24. The lowest BCUT2D eigenvalue weighted by Gasteiger charge is -2.21. The van der Waals surface area contributed by atoms with Crippen LogP contribution in [0.2, 0.25) is 5.02 Å². The monoisotopic (exact) mass is 304 g/mol. The number of hydrogen-bond donors (Lipinski definition) is 1. The molecule has 1 aromatic carbocycles. The van der Waals surface area contributed by atoms with Gasteiger partial charge in [-0.1, -0.05) is 30.9 Å². The zero-order valence-electron chi connectivity index (χ0n) is 10.9. The highest BCUT2D eigenvalue weighted by molar-refractivity contribution is 6.31. The van der Waals surface area contributed by atoms with Crippen LogP contribution < -0.4 is 5.73 Å². The van der Waals surface area contributed by atoms with Gasteiger partial charge in [-0.3, -0.25) is 0 Å². The molecule has 0 spiro atoms. The second-order valence-electron chi connectivity index (χ2n) is 5.03. The van der Waals surface area contributed by atoms with Crippen molar-refractivity contribution < 1.29 is 13.2 Å². The van der Waals surface area contributed by atoms with Gasteiger partial charge in [0, 0.05) is 5.92 Å². The van der Waals surface area contributed by atoms with Crippen molar-refractivity contribution in [2.24, 2.45) is 16.6 Å². The van der Waals surface area contributed by atoms with E-state index in [1.165, 1.54) is 18.6 Å². The summed E-state index contributed by atoms with van der Waals surface area (Å²) in [6.07, 6.45) is 0.792. The van der Waals surface area contributed by atoms with Crippen LogP contribution in [0.15, 0.2) is 23.2 Å². The largest absolute Gasteiger partial charge is 0.417 e. The van der Waals surface area contributed by atoms with Gasteiger partial charge in [-0.15, -0.1) is 0 Å². The fourth-order valence-corrected chi connectivity index (χ4v) is 2.66. The molecule has 0 bridgehead atoms. The zero-order valence-corrected chi connectivity index (χ0v) is 11.6. The Labute approximate surface area is 120 Å². The van der Waals surface area contributed by atoms with Crippen molar-refractivity contribution in [3.05, 3.63) is 28.8 Å². The number of benzene rings is 1. The van der Waals surface area contributed by atoms with E-state index in [0.717, 1.165) is 31.7 Å². The van der Waals surface area contributed by atoms with Crippen molar-refractivity contribution in [3.8, 4) is 0 Å². The normalized spacial score (nSPS) is 18.3. The van der Waals surface area contributed by atoms with Gasteiger partial charge in [0.2, 0.25) is 0 Å². The van der Waals surface area contributed by atoms with Crippen LogP contribution in [-0.2, 0) is 6.18 Å². The first-order chi connectivity index (χ1) is 9.38. The molecule has 20 heavy (non-hydrogen) atoms. The van der Waals surface area contributed by atoms with E-state index < -0.39 is 11.7 Å². The Morgan fingerprint density at radius 3 is 2.45 bits per heavy atom. The number of alkyl halides is 3. The van der Waals surface area contributed by atoms with Crippen LogP contribution >= 0.6 is 11.6 Å². The number of hydrogen-bond acceptors (Lipinski definition) is 1. The molecule has 2 rings (SSSR count). The highest BCUT2D eigenvalue weighted by Gasteiger charge is 2.33. The minimum Gasteiger partial charge on any atom is -0.387 e. The maximum atomic E-state index is 12.8. The van der Waals surface area contributed by atoms with Gasteiger partial charge in [-0.25, -0.2) is 4.99 Å². The average molecular weight is 305 g/mol. The fraction of sp³-hybridized carbons (Fsp3) is 0.500. The molecule has 0 aromatic heterocycles. The van der Waals surface area contributed by atoms with Gasteiger partial charge in [0.1, 0.15) is 5.84 Å². The van der Waals surface area contributed by atoms with Crippen molar-refractivity contribution >= 4 is 23.1 Å². The molecule has 0 amide bonds. The summed E-state index contributed by atoms with van der Waals surface area (Å²) in [5.74, 6) is 0.592. The van der Waals surface area contributed by atoms with E-state index in [4.69, 9.17) is 17.3 Å². The van der Waals surface area contributed by atoms with Crippen LogP contribution in [0.5, 0.6) is 0 Å². The van der Waals surface area contributed by atoms with E-state index in [-0.39, 0.29) is 16.6 Å². The lowest BCUT2D eigenvalue weighted by molar-refractivity contribution is -0.137. The van der Waals surface area contributed by atoms with E-state index in [9.17, 15) is 13.2 Å². The maximum Gasteiger partial charge on any atom is 0.417 e. The Bertz CT molecular complexity index is 506.